The summed E-state index contributed by atoms with van der Waals surface area (Å²) in [4.78, 5) is 30.3. The van der Waals surface area contributed by atoms with Gasteiger partial charge in [0.2, 0.25) is 0 Å². The topological polar surface area (TPSA) is 243 Å². The number of aldehydes is 2. The summed E-state index contributed by atoms with van der Waals surface area (Å²) < 4.78 is 4.36. The van der Waals surface area contributed by atoms with Crippen LogP contribution in [-0.4, -0.2) is 186 Å². The number of hydrogen-bond acceptors (Lipinski definition) is 13. The molecular formula is C46H94Na2O13. The van der Waals surface area contributed by atoms with E-state index in [1.165, 1.54) is 180 Å². The molecule has 0 aromatic carbocycles. The normalized spacial score (nSPS) is 14.5. The molecule has 9 N–H and O–H groups in total. The summed E-state index contributed by atoms with van der Waals surface area (Å²) in [5, 5.41) is 79.8. The number of hydrogen-bond donors (Lipinski definition) is 9. The number of carbonyl (C=O) groups is 3. The van der Waals surface area contributed by atoms with E-state index in [1.54, 1.807) is 0 Å². The Hall–Kier alpha value is 0.450. The molecular weight excluding hydrogens is 806 g/mol. The van der Waals surface area contributed by atoms with Crippen molar-refractivity contribution in [3.05, 3.63) is 0 Å². The summed E-state index contributed by atoms with van der Waals surface area (Å²) in [5.74, 6) is -0.660. The van der Waals surface area contributed by atoms with Gasteiger partial charge in [-0.05, 0) is 0 Å². The molecule has 0 aromatic rings. The van der Waals surface area contributed by atoms with Crippen LogP contribution in [0.4, 0.5) is 0 Å². The van der Waals surface area contributed by atoms with Crippen LogP contribution in [0.25, 0.3) is 0 Å². The van der Waals surface area contributed by atoms with Gasteiger partial charge in [0.15, 0.2) is 12.6 Å². The average molecular weight is 901 g/mol. The second-order valence-electron chi connectivity index (χ2n) is 15.8. The predicted molar refractivity (Wildman–Crippen MR) is 247 cm³/mol. The number of unbranched alkanes of at least 4 members (excludes halogenated alkanes) is 26. The van der Waals surface area contributed by atoms with E-state index in [0.29, 0.717) is 0 Å². The third-order valence-electron chi connectivity index (χ3n) is 10.0. The van der Waals surface area contributed by atoms with Gasteiger partial charge < -0.3 is 60.3 Å². The maximum Gasteiger partial charge on any atom is 0.302 e. The first-order chi connectivity index (χ1) is 28.3. The van der Waals surface area contributed by atoms with E-state index < -0.39 is 68.0 Å². The van der Waals surface area contributed by atoms with Gasteiger partial charge in [0.05, 0.1) is 6.61 Å². The first-order valence-electron chi connectivity index (χ1n) is 23.4. The van der Waals surface area contributed by atoms with Crippen molar-refractivity contribution in [2.45, 2.75) is 263 Å². The summed E-state index contributed by atoms with van der Waals surface area (Å²) in [5.41, 5.74) is 0. The number of aliphatic hydroxyl groups excluding tert-OH is 9. The monoisotopic (exact) mass is 901 g/mol. The molecule has 0 fully saturated rings. The van der Waals surface area contributed by atoms with E-state index in [-0.39, 0.29) is 71.7 Å². The molecule has 358 valence electrons. The van der Waals surface area contributed by atoms with Gasteiger partial charge in [-0.25, -0.2) is 0 Å². The van der Waals surface area contributed by atoms with Gasteiger partial charge >= 0.3 is 5.97 Å². The summed E-state index contributed by atoms with van der Waals surface area (Å²) in [6.07, 6.45) is 27.1. The van der Waals surface area contributed by atoms with Crippen LogP contribution < -0.4 is 0 Å². The molecule has 2 radical (unpaired) electrons. The number of esters is 1. The summed E-state index contributed by atoms with van der Waals surface area (Å²) >= 11 is 0. The van der Waals surface area contributed by atoms with Crippen LogP contribution in [0.1, 0.15) is 214 Å². The van der Waals surface area contributed by atoms with Crippen molar-refractivity contribution in [2.24, 2.45) is 0 Å². The minimum Gasteiger partial charge on any atom is -0.463 e. The number of aliphatic hydroxyl groups is 9. The largest absolute Gasteiger partial charge is 0.463 e. The Kier molecular flexibility index (Phi) is 70.0. The van der Waals surface area contributed by atoms with Crippen molar-refractivity contribution in [3.8, 4) is 0 Å². The van der Waals surface area contributed by atoms with Crippen LogP contribution in [0.5, 0.6) is 0 Å². The van der Waals surface area contributed by atoms with Gasteiger partial charge in [-0.1, -0.05) is 207 Å². The molecule has 0 saturated carbocycles. The van der Waals surface area contributed by atoms with E-state index in [1.807, 2.05) is 0 Å². The first-order valence-corrected chi connectivity index (χ1v) is 23.4. The van der Waals surface area contributed by atoms with Crippen LogP contribution in [0.2, 0.25) is 0 Å². The summed E-state index contributed by atoms with van der Waals surface area (Å²) in [6, 6.07) is 0. The molecule has 0 rings (SSSR count). The van der Waals surface area contributed by atoms with E-state index in [0.717, 1.165) is 6.92 Å². The Morgan fingerprint density at radius 2 is 0.623 bits per heavy atom. The number of rotatable bonds is 37. The molecule has 15 heteroatoms. The van der Waals surface area contributed by atoms with Crippen molar-refractivity contribution < 1.29 is 65.1 Å². The zero-order chi connectivity index (χ0) is 45.5. The van der Waals surface area contributed by atoms with Crippen LogP contribution in [0, 0.1) is 0 Å². The second-order valence-corrected chi connectivity index (χ2v) is 15.8. The Morgan fingerprint density at radius 3 is 0.803 bits per heavy atom. The fourth-order valence-corrected chi connectivity index (χ4v) is 5.97. The van der Waals surface area contributed by atoms with Gasteiger partial charge in [0, 0.05) is 66.0 Å². The summed E-state index contributed by atoms with van der Waals surface area (Å²) in [7, 11) is 0. The van der Waals surface area contributed by atoms with E-state index in [4.69, 9.17) is 40.9 Å². The Balaban J connectivity index is -0.000000164. The van der Waals surface area contributed by atoms with Gasteiger partial charge in [-0.15, -0.1) is 0 Å². The van der Waals surface area contributed by atoms with E-state index >= 15 is 0 Å². The number of ether oxygens (including phenoxy) is 1. The maximum absolute atomic E-state index is 10.3. The molecule has 0 aromatic heterocycles. The Labute approximate surface area is 416 Å². The third-order valence-corrected chi connectivity index (χ3v) is 10.0. The van der Waals surface area contributed by atoms with Crippen molar-refractivity contribution in [3.63, 3.8) is 0 Å². The fourth-order valence-electron chi connectivity index (χ4n) is 5.97. The predicted octanol–water partition coefficient (Wildman–Crippen LogP) is 6.03. The fraction of sp³-hybridized carbons (Fsp3) is 0.935. The van der Waals surface area contributed by atoms with Crippen molar-refractivity contribution in [1.29, 1.82) is 0 Å². The molecule has 0 unspecified atom stereocenters. The second kappa shape index (κ2) is 58.5. The molecule has 0 aliphatic carbocycles. The molecule has 0 aliphatic heterocycles. The molecule has 0 spiro atoms. The van der Waals surface area contributed by atoms with Gasteiger partial charge in [0.1, 0.15) is 55.4 Å². The first kappa shape index (κ1) is 73.0. The maximum atomic E-state index is 10.3. The van der Waals surface area contributed by atoms with Crippen LogP contribution in [0.3, 0.4) is 0 Å². The van der Waals surface area contributed by atoms with Crippen LogP contribution in [-0.2, 0) is 19.1 Å². The van der Waals surface area contributed by atoms with Crippen molar-refractivity contribution in [1.82, 2.24) is 0 Å². The molecule has 0 bridgehead atoms. The quantitative estimate of drug-likeness (QED) is 0.0150. The molecule has 61 heavy (non-hydrogen) atoms. The Bertz CT molecular complexity index is 806. The third kappa shape index (κ3) is 54.7. The molecule has 8 atom stereocenters. The smallest absolute Gasteiger partial charge is 0.302 e. The van der Waals surface area contributed by atoms with Gasteiger partial charge in [-0.3, -0.25) is 4.79 Å². The number of carbonyl (C=O) groups excluding carboxylic acids is 3. The van der Waals surface area contributed by atoms with Crippen molar-refractivity contribution in [2.75, 3.05) is 13.2 Å². The van der Waals surface area contributed by atoms with E-state index in [9.17, 15) is 19.5 Å². The molecule has 0 amide bonds. The Morgan fingerprint density at radius 1 is 0.410 bits per heavy atom. The SMILES string of the molecule is CC(=O)OC[C@@H](O)[C@@H](O)[C@H](O)[C@@H](O)C=O.CCCCCCCCCCCCCCCC.CCCCCCCCCCCCCCCC.O=C[C@H](O)[C@@H](O)[C@H](O)[C@H](O)CO.[Na].[Na]. The molecule has 0 saturated heterocycles. The standard InChI is InChI=1S/2C16H34.C8H14O7.C6H12O6.2Na/c2*1-3-5-7-9-11-13-15-16-14-12-10-8-6-4-2;1-4(10)15-3-6(12)8(14)7(13)5(11)2-9;7-1-3(9)5(11)6(12)4(10)2-8;;/h2*3-16H2,1-2H3;2,5-8,11-14H,3H2,1H3;1,3-6,8-12H,2H2;;/t;;5-,6+,7+,8+;3-,4+,5+,6+;;/m..00../s1. The van der Waals surface area contributed by atoms with E-state index in [2.05, 4.69) is 32.4 Å². The van der Waals surface area contributed by atoms with Gasteiger partial charge in [0.25, 0.3) is 0 Å². The van der Waals surface area contributed by atoms with Crippen LogP contribution in [0.15, 0.2) is 0 Å². The molecule has 13 nitrogen and oxygen atoms in total. The van der Waals surface area contributed by atoms with Gasteiger partial charge in [-0.2, -0.15) is 0 Å². The molecule has 0 heterocycles. The summed E-state index contributed by atoms with van der Waals surface area (Å²) in [6.45, 7) is 8.98. The van der Waals surface area contributed by atoms with Crippen molar-refractivity contribution >= 4 is 77.7 Å². The molecule has 0 aliphatic rings. The minimum absolute atomic E-state index is 0. The zero-order valence-electron chi connectivity index (χ0n) is 40.1. The average Bonchev–Trinajstić information content (AvgIpc) is 3.24. The van der Waals surface area contributed by atoms with Crippen LogP contribution >= 0.6 is 0 Å². The zero-order valence-corrected chi connectivity index (χ0v) is 44.1. The minimum atomic E-state index is -1.83.